The molecule has 196 valence electrons. The SMILES string of the molecule is COC1=C(OC)C(=O)C(Cc2ccc(-c3ccncc3)c(C(=O)Nc3ccc(OC)cc3)c2)=C(C)C1=O.Cl. The van der Waals surface area contributed by atoms with Gasteiger partial charge in [0.25, 0.3) is 5.91 Å². The number of carbonyl (C=O) groups excluding carboxylic acids is 3. The van der Waals surface area contributed by atoms with Crippen molar-refractivity contribution in [1.82, 2.24) is 4.98 Å². The van der Waals surface area contributed by atoms with Crippen LogP contribution in [0.1, 0.15) is 22.8 Å². The fraction of sp³-hybridized carbons (Fsp3) is 0.172. The van der Waals surface area contributed by atoms with Crippen LogP contribution in [0.5, 0.6) is 5.75 Å². The number of ether oxygens (including phenoxy) is 3. The molecular weight excluding hydrogens is 508 g/mol. The van der Waals surface area contributed by atoms with Crippen LogP contribution in [0.15, 0.2) is 89.7 Å². The predicted molar refractivity (Wildman–Crippen MR) is 145 cm³/mol. The van der Waals surface area contributed by atoms with Crippen LogP contribution < -0.4 is 10.1 Å². The van der Waals surface area contributed by atoms with E-state index in [9.17, 15) is 14.4 Å². The zero-order valence-electron chi connectivity index (χ0n) is 21.4. The van der Waals surface area contributed by atoms with Crippen LogP contribution in [0.25, 0.3) is 11.1 Å². The van der Waals surface area contributed by atoms with Crippen molar-refractivity contribution in [2.45, 2.75) is 13.3 Å². The quantitative estimate of drug-likeness (QED) is 0.408. The highest BCUT2D eigenvalue weighted by atomic mass is 35.5. The highest BCUT2D eigenvalue weighted by Crippen LogP contribution is 2.30. The van der Waals surface area contributed by atoms with Gasteiger partial charge in [-0.2, -0.15) is 0 Å². The number of benzene rings is 2. The Morgan fingerprint density at radius 1 is 0.842 bits per heavy atom. The van der Waals surface area contributed by atoms with Gasteiger partial charge in [-0.15, -0.1) is 12.4 Å². The molecule has 38 heavy (non-hydrogen) atoms. The third kappa shape index (κ3) is 5.60. The molecule has 0 aliphatic heterocycles. The number of amides is 1. The van der Waals surface area contributed by atoms with E-state index in [1.54, 1.807) is 56.8 Å². The van der Waals surface area contributed by atoms with Gasteiger partial charge in [0.1, 0.15) is 5.75 Å². The lowest BCUT2D eigenvalue weighted by Crippen LogP contribution is -2.26. The van der Waals surface area contributed by atoms with Crippen molar-refractivity contribution in [2.75, 3.05) is 26.6 Å². The molecule has 0 spiro atoms. The highest BCUT2D eigenvalue weighted by Gasteiger charge is 2.34. The average Bonchev–Trinajstić information content (AvgIpc) is 2.93. The van der Waals surface area contributed by atoms with Crippen LogP contribution >= 0.6 is 12.4 Å². The molecule has 0 unspecified atom stereocenters. The minimum Gasteiger partial charge on any atom is -0.497 e. The van der Waals surface area contributed by atoms with E-state index in [4.69, 9.17) is 14.2 Å². The molecule has 0 bridgehead atoms. The van der Waals surface area contributed by atoms with E-state index in [0.717, 1.165) is 5.56 Å². The Morgan fingerprint density at radius 3 is 2.08 bits per heavy atom. The molecule has 1 amide bonds. The van der Waals surface area contributed by atoms with Crippen LogP contribution in [0.4, 0.5) is 5.69 Å². The van der Waals surface area contributed by atoms with Gasteiger partial charge in [-0.3, -0.25) is 19.4 Å². The summed E-state index contributed by atoms with van der Waals surface area (Å²) in [5.74, 6) is -0.706. The lowest BCUT2D eigenvalue weighted by atomic mass is 9.87. The number of hydrogen-bond acceptors (Lipinski definition) is 7. The molecule has 0 radical (unpaired) electrons. The van der Waals surface area contributed by atoms with Gasteiger partial charge < -0.3 is 19.5 Å². The van der Waals surface area contributed by atoms with Gasteiger partial charge in [-0.25, -0.2) is 0 Å². The lowest BCUT2D eigenvalue weighted by molar-refractivity contribution is -0.121. The summed E-state index contributed by atoms with van der Waals surface area (Å²) < 4.78 is 15.5. The Labute approximate surface area is 226 Å². The second-order valence-electron chi connectivity index (χ2n) is 8.30. The molecular formula is C29H27ClN2O6. The maximum absolute atomic E-state index is 13.4. The fourth-order valence-electron chi connectivity index (χ4n) is 4.15. The number of carbonyl (C=O) groups is 3. The first kappa shape index (κ1) is 28.1. The number of methoxy groups -OCH3 is 3. The van der Waals surface area contributed by atoms with Gasteiger partial charge in [-0.05, 0) is 66.1 Å². The van der Waals surface area contributed by atoms with Gasteiger partial charge in [0.05, 0.1) is 21.3 Å². The molecule has 3 aromatic rings. The zero-order valence-corrected chi connectivity index (χ0v) is 22.2. The summed E-state index contributed by atoms with van der Waals surface area (Å²) in [6.45, 7) is 1.59. The molecule has 2 aromatic carbocycles. The van der Waals surface area contributed by atoms with E-state index < -0.39 is 11.6 Å². The number of nitrogens with one attached hydrogen (secondary N) is 1. The van der Waals surface area contributed by atoms with Crippen molar-refractivity contribution >= 4 is 35.6 Å². The maximum Gasteiger partial charge on any atom is 0.256 e. The topological polar surface area (TPSA) is 104 Å². The normalized spacial score (nSPS) is 13.2. The van der Waals surface area contributed by atoms with Gasteiger partial charge in [0.15, 0.2) is 0 Å². The number of pyridine rings is 1. The Kier molecular flexibility index (Phi) is 9.04. The smallest absolute Gasteiger partial charge is 0.256 e. The number of halogens is 1. The summed E-state index contributed by atoms with van der Waals surface area (Å²) in [5.41, 5.74) is 3.79. The van der Waals surface area contributed by atoms with Crippen molar-refractivity contribution in [2.24, 2.45) is 0 Å². The molecule has 0 saturated carbocycles. The predicted octanol–water partition coefficient (Wildman–Crippen LogP) is 4.95. The van der Waals surface area contributed by atoms with Crippen LogP contribution in [0.2, 0.25) is 0 Å². The van der Waals surface area contributed by atoms with Crippen LogP contribution in [-0.4, -0.2) is 43.8 Å². The van der Waals surface area contributed by atoms with Crippen molar-refractivity contribution in [3.05, 3.63) is 101 Å². The number of nitrogens with zero attached hydrogens (tertiary/aromatic N) is 1. The Morgan fingerprint density at radius 2 is 1.47 bits per heavy atom. The van der Waals surface area contributed by atoms with Crippen LogP contribution in [0.3, 0.4) is 0 Å². The molecule has 4 rings (SSSR count). The summed E-state index contributed by atoms with van der Waals surface area (Å²) >= 11 is 0. The molecule has 1 aliphatic rings. The molecule has 1 aromatic heterocycles. The number of rotatable bonds is 8. The van der Waals surface area contributed by atoms with Gasteiger partial charge in [-0.1, -0.05) is 12.1 Å². The second-order valence-corrected chi connectivity index (χ2v) is 8.30. The standard InChI is InChI=1S/C29H26N2O6.ClH/c1-17-23(26(33)28(37-4)27(36-3)25(17)32)15-18-5-10-22(19-11-13-30-14-12-19)24(16-18)29(34)31-20-6-8-21(35-2)9-7-20;/h5-14,16H,15H2,1-4H3,(H,31,34);1H. The number of allylic oxidation sites excluding steroid dienone is 2. The first-order valence-corrected chi connectivity index (χ1v) is 11.5. The molecule has 1 aliphatic carbocycles. The minimum absolute atomic E-state index is 0. The van der Waals surface area contributed by atoms with E-state index in [1.807, 2.05) is 24.3 Å². The van der Waals surface area contributed by atoms with Gasteiger partial charge in [0.2, 0.25) is 23.1 Å². The van der Waals surface area contributed by atoms with Gasteiger partial charge >= 0.3 is 0 Å². The summed E-state index contributed by atoms with van der Waals surface area (Å²) in [4.78, 5) is 43.4. The number of ketones is 2. The van der Waals surface area contributed by atoms with Crippen LogP contribution in [-0.2, 0) is 25.5 Å². The van der Waals surface area contributed by atoms with E-state index in [-0.39, 0.29) is 41.8 Å². The third-order valence-electron chi connectivity index (χ3n) is 6.14. The number of aromatic nitrogens is 1. The van der Waals surface area contributed by atoms with Gasteiger partial charge in [0, 0.05) is 41.2 Å². The Bertz CT molecular complexity index is 1430. The minimum atomic E-state index is -0.418. The summed E-state index contributed by atoms with van der Waals surface area (Å²) in [6.07, 6.45) is 3.45. The molecule has 9 heteroatoms. The summed E-state index contributed by atoms with van der Waals surface area (Å²) in [6, 6.07) is 16.0. The highest BCUT2D eigenvalue weighted by molar-refractivity contribution is 6.23. The van der Waals surface area contributed by atoms with E-state index in [0.29, 0.717) is 33.7 Å². The van der Waals surface area contributed by atoms with E-state index >= 15 is 0 Å². The molecule has 8 nitrogen and oxygen atoms in total. The first-order chi connectivity index (χ1) is 17.9. The fourth-order valence-corrected chi connectivity index (χ4v) is 4.15. The molecule has 1 N–H and O–H groups in total. The van der Waals surface area contributed by atoms with Crippen LogP contribution in [0, 0.1) is 0 Å². The number of hydrogen-bond donors (Lipinski definition) is 1. The van der Waals surface area contributed by atoms with Crippen molar-refractivity contribution in [3.63, 3.8) is 0 Å². The number of Topliss-reactive ketones (excluding diaryl/α,β-unsaturated/α-hetero) is 2. The number of anilines is 1. The molecule has 0 saturated heterocycles. The maximum atomic E-state index is 13.4. The summed E-state index contributed by atoms with van der Waals surface area (Å²) in [7, 11) is 4.22. The average molecular weight is 535 g/mol. The molecule has 0 atom stereocenters. The van der Waals surface area contributed by atoms with Crippen molar-refractivity contribution < 1.29 is 28.6 Å². The van der Waals surface area contributed by atoms with Crippen molar-refractivity contribution in [1.29, 1.82) is 0 Å². The lowest BCUT2D eigenvalue weighted by Gasteiger charge is -2.21. The van der Waals surface area contributed by atoms with E-state index in [2.05, 4.69) is 10.3 Å². The Hall–Kier alpha value is -4.43. The monoisotopic (exact) mass is 534 g/mol. The zero-order chi connectivity index (χ0) is 26.5. The Balaban J connectivity index is 0.00000400. The van der Waals surface area contributed by atoms with Crippen molar-refractivity contribution in [3.8, 4) is 16.9 Å². The first-order valence-electron chi connectivity index (χ1n) is 11.5. The molecule has 0 fully saturated rings. The third-order valence-corrected chi connectivity index (χ3v) is 6.14. The molecule has 1 heterocycles. The second kappa shape index (κ2) is 12.2. The summed E-state index contributed by atoms with van der Waals surface area (Å²) in [5, 5.41) is 2.92. The van der Waals surface area contributed by atoms with E-state index in [1.165, 1.54) is 14.2 Å². The largest absolute Gasteiger partial charge is 0.497 e.